The first-order valence-corrected chi connectivity index (χ1v) is 7.48. The third kappa shape index (κ3) is 3.27. The van der Waals surface area contributed by atoms with E-state index >= 15 is 0 Å². The molecule has 0 spiro atoms. The van der Waals surface area contributed by atoms with Gasteiger partial charge in [0.25, 0.3) is 5.91 Å². The molecule has 0 aliphatic rings. The molecule has 0 unspecified atom stereocenters. The SMILES string of the molecule is Cc1nc(NC(=O)c2ccccc2)sc1C(=O)CBr. The summed E-state index contributed by atoms with van der Waals surface area (Å²) in [4.78, 5) is 28.3. The lowest BCUT2D eigenvalue weighted by molar-refractivity contribution is 0.101. The molecule has 0 fully saturated rings. The molecule has 0 bridgehead atoms. The van der Waals surface area contributed by atoms with Gasteiger partial charge in [-0.25, -0.2) is 4.98 Å². The number of hydrogen-bond donors (Lipinski definition) is 1. The maximum absolute atomic E-state index is 11.9. The van der Waals surface area contributed by atoms with Crippen LogP contribution in [0.2, 0.25) is 0 Å². The van der Waals surface area contributed by atoms with Crippen LogP contribution in [0.4, 0.5) is 5.13 Å². The lowest BCUT2D eigenvalue weighted by Crippen LogP contribution is -2.11. The van der Waals surface area contributed by atoms with Crippen molar-refractivity contribution in [2.24, 2.45) is 0 Å². The maximum Gasteiger partial charge on any atom is 0.257 e. The number of Topliss-reactive ketones (excluding diaryl/α,β-unsaturated/α-hetero) is 1. The van der Waals surface area contributed by atoms with Gasteiger partial charge in [0.05, 0.1) is 15.9 Å². The molecule has 6 heteroatoms. The van der Waals surface area contributed by atoms with Crippen molar-refractivity contribution in [3.63, 3.8) is 0 Å². The summed E-state index contributed by atoms with van der Waals surface area (Å²) < 4.78 is 0. The number of carbonyl (C=O) groups is 2. The van der Waals surface area contributed by atoms with E-state index in [0.717, 1.165) is 0 Å². The second-order valence-electron chi connectivity index (χ2n) is 3.81. The molecule has 0 aliphatic heterocycles. The molecule has 0 aliphatic carbocycles. The second-order valence-corrected chi connectivity index (χ2v) is 5.37. The van der Waals surface area contributed by atoms with E-state index < -0.39 is 0 Å². The first kappa shape index (κ1) is 13.9. The van der Waals surface area contributed by atoms with Crippen molar-refractivity contribution in [2.45, 2.75) is 6.92 Å². The molecule has 0 radical (unpaired) electrons. The van der Waals surface area contributed by atoms with Crippen LogP contribution in [0.3, 0.4) is 0 Å². The fourth-order valence-corrected chi connectivity index (χ4v) is 2.89. The number of ketones is 1. The summed E-state index contributed by atoms with van der Waals surface area (Å²) in [6.45, 7) is 1.75. The Morgan fingerprint density at radius 3 is 2.63 bits per heavy atom. The minimum absolute atomic E-state index is 0.0322. The third-order valence-electron chi connectivity index (χ3n) is 2.43. The van der Waals surface area contributed by atoms with Gasteiger partial charge in [-0.05, 0) is 19.1 Å². The van der Waals surface area contributed by atoms with Crippen LogP contribution >= 0.6 is 27.3 Å². The van der Waals surface area contributed by atoms with Gasteiger partial charge < -0.3 is 0 Å². The molecule has 1 aromatic carbocycles. The van der Waals surface area contributed by atoms with Gasteiger partial charge in [0.1, 0.15) is 0 Å². The number of thiazole rings is 1. The van der Waals surface area contributed by atoms with Crippen molar-refractivity contribution in [3.05, 3.63) is 46.5 Å². The predicted octanol–water partition coefficient (Wildman–Crippen LogP) is 3.28. The number of alkyl halides is 1. The summed E-state index contributed by atoms with van der Waals surface area (Å²) in [5.41, 5.74) is 1.20. The number of halogens is 1. The number of anilines is 1. The highest BCUT2D eigenvalue weighted by molar-refractivity contribution is 9.09. The number of nitrogens with zero attached hydrogens (tertiary/aromatic N) is 1. The van der Waals surface area contributed by atoms with Gasteiger partial charge >= 0.3 is 0 Å². The van der Waals surface area contributed by atoms with Gasteiger partial charge in [-0.2, -0.15) is 0 Å². The van der Waals surface area contributed by atoms with E-state index in [1.807, 2.05) is 6.07 Å². The topological polar surface area (TPSA) is 59.1 Å². The number of carbonyl (C=O) groups excluding carboxylic acids is 2. The van der Waals surface area contributed by atoms with E-state index in [1.165, 1.54) is 11.3 Å². The van der Waals surface area contributed by atoms with Crippen LogP contribution in [0.25, 0.3) is 0 Å². The number of rotatable bonds is 4. The summed E-state index contributed by atoms with van der Waals surface area (Å²) in [7, 11) is 0. The normalized spacial score (nSPS) is 10.2. The van der Waals surface area contributed by atoms with E-state index in [4.69, 9.17) is 0 Å². The number of hydrogen-bond acceptors (Lipinski definition) is 4. The molecule has 0 atom stereocenters. The summed E-state index contributed by atoms with van der Waals surface area (Å²) in [6.07, 6.45) is 0. The fraction of sp³-hybridized carbons (Fsp3) is 0.154. The van der Waals surface area contributed by atoms with E-state index in [1.54, 1.807) is 31.2 Å². The lowest BCUT2D eigenvalue weighted by atomic mass is 10.2. The van der Waals surface area contributed by atoms with E-state index in [2.05, 4.69) is 26.2 Å². The monoisotopic (exact) mass is 338 g/mol. The van der Waals surface area contributed by atoms with Crippen LogP contribution in [-0.2, 0) is 0 Å². The van der Waals surface area contributed by atoms with Crippen LogP contribution in [0.15, 0.2) is 30.3 Å². The zero-order valence-electron chi connectivity index (χ0n) is 10.1. The average molecular weight is 339 g/mol. The number of nitrogens with one attached hydrogen (secondary N) is 1. The summed E-state index contributed by atoms with van der Waals surface area (Å²) in [6, 6.07) is 8.88. The number of amides is 1. The molecule has 0 saturated heterocycles. The van der Waals surface area contributed by atoms with Crippen LogP contribution in [-0.4, -0.2) is 22.0 Å². The van der Waals surface area contributed by atoms with Crippen molar-refractivity contribution in [3.8, 4) is 0 Å². The van der Waals surface area contributed by atoms with Gasteiger partial charge in [0.15, 0.2) is 10.9 Å². The smallest absolute Gasteiger partial charge is 0.257 e. The van der Waals surface area contributed by atoms with Gasteiger partial charge in [-0.15, -0.1) is 0 Å². The van der Waals surface area contributed by atoms with Crippen LogP contribution < -0.4 is 5.32 Å². The summed E-state index contributed by atoms with van der Waals surface area (Å²) >= 11 is 4.32. The van der Waals surface area contributed by atoms with E-state index in [0.29, 0.717) is 21.3 Å². The first-order chi connectivity index (χ1) is 9.11. The molecule has 1 amide bonds. The van der Waals surface area contributed by atoms with Gasteiger partial charge in [-0.3, -0.25) is 14.9 Å². The Balaban J connectivity index is 2.16. The molecule has 4 nitrogen and oxygen atoms in total. The molecule has 1 aromatic heterocycles. The first-order valence-electron chi connectivity index (χ1n) is 5.55. The zero-order chi connectivity index (χ0) is 13.8. The average Bonchev–Trinajstić information content (AvgIpc) is 2.79. The minimum atomic E-state index is -0.229. The number of aromatic nitrogens is 1. The quantitative estimate of drug-likeness (QED) is 0.687. The van der Waals surface area contributed by atoms with Gasteiger partial charge in [0, 0.05) is 5.56 Å². The summed E-state index contributed by atoms with van der Waals surface area (Å²) in [5, 5.41) is 3.39. The second kappa shape index (κ2) is 6.08. The molecule has 1 heterocycles. The Morgan fingerprint density at radius 1 is 1.32 bits per heavy atom. The lowest BCUT2D eigenvalue weighted by Gasteiger charge is -2.00. The Bertz CT molecular complexity index is 610. The third-order valence-corrected chi connectivity index (χ3v) is 4.05. The largest absolute Gasteiger partial charge is 0.298 e. The minimum Gasteiger partial charge on any atom is -0.298 e. The molecular formula is C13H11BrN2O2S. The fourth-order valence-electron chi connectivity index (χ4n) is 1.53. The zero-order valence-corrected chi connectivity index (χ0v) is 12.5. The van der Waals surface area contributed by atoms with E-state index in [9.17, 15) is 9.59 Å². The number of benzene rings is 1. The highest BCUT2D eigenvalue weighted by Gasteiger charge is 2.15. The molecule has 2 aromatic rings. The molecule has 19 heavy (non-hydrogen) atoms. The van der Waals surface area contributed by atoms with E-state index in [-0.39, 0.29) is 17.0 Å². The van der Waals surface area contributed by atoms with Gasteiger partial charge in [-0.1, -0.05) is 45.5 Å². The van der Waals surface area contributed by atoms with Crippen LogP contribution in [0.1, 0.15) is 25.7 Å². The highest BCUT2D eigenvalue weighted by Crippen LogP contribution is 2.24. The molecule has 1 N–H and O–H groups in total. The van der Waals surface area contributed by atoms with Crippen molar-refractivity contribution in [2.75, 3.05) is 10.6 Å². The van der Waals surface area contributed by atoms with Crippen molar-refractivity contribution in [1.29, 1.82) is 0 Å². The molecule has 2 rings (SSSR count). The molecule has 98 valence electrons. The van der Waals surface area contributed by atoms with Crippen LogP contribution in [0.5, 0.6) is 0 Å². The predicted molar refractivity (Wildman–Crippen MR) is 79.4 cm³/mol. The summed E-state index contributed by atoms with van der Waals surface area (Å²) in [5.74, 6) is -0.262. The van der Waals surface area contributed by atoms with Crippen molar-refractivity contribution >= 4 is 44.1 Å². The Labute approximate surface area is 123 Å². The van der Waals surface area contributed by atoms with Crippen molar-refractivity contribution in [1.82, 2.24) is 4.98 Å². The van der Waals surface area contributed by atoms with Gasteiger partial charge in [0.2, 0.25) is 0 Å². The standard InChI is InChI=1S/C13H11BrN2O2S/c1-8-11(10(17)7-14)19-13(15-8)16-12(18)9-5-3-2-4-6-9/h2-6H,7H2,1H3,(H,15,16,18). The maximum atomic E-state index is 11.9. The Kier molecular flexibility index (Phi) is 4.44. The Morgan fingerprint density at radius 2 is 2.00 bits per heavy atom. The molecular weight excluding hydrogens is 328 g/mol. The van der Waals surface area contributed by atoms with Crippen LogP contribution in [0, 0.1) is 6.92 Å². The molecule has 0 saturated carbocycles. The highest BCUT2D eigenvalue weighted by atomic mass is 79.9. The number of aryl methyl sites for hydroxylation is 1. The Hall–Kier alpha value is -1.53. The van der Waals surface area contributed by atoms with Crippen molar-refractivity contribution < 1.29 is 9.59 Å².